The van der Waals surface area contributed by atoms with Gasteiger partial charge in [-0.2, -0.15) is 5.48 Å². The molecule has 2 saturated heterocycles. The number of carbonyl (C=O) groups excluding carboxylic acids is 1. The fraction of sp³-hybridized carbons (Fsp3) is 0.800. The van der Waals surface area contributed by atoms with E-state index in [1.54, 1.807) is 13.8 Å². The summed E-state index contributed by atoms with van der Waals surface area (Å²) in [5, 5.41) is 10.7. The van der Waals surface area contributed by atoms with Crippen molar-refractivity contribution in [1.29, 1.82) is 0 Å². The number of hydroxylamine groups is 1. The van der Waals surface area contributed by atoms with Gasteiger partial charge in [0.2, 0.25) is 0 Å². The minimum atomic E-state index is -0.937. The number of rotatable bonds is 3. The maximum absolute atomic E-state index is 11.6. The van der Waals surface area contributed by atoms with E-state index in [1.807, 2.05) is 0 Å². The number of hydrogen-bond acceptors (Lipinski definition) is 6. The van der Waals surface area contributed by atoms with Crippen molar-refractivity contribution in [2.45, 2.75) is 56.5 Å². The second kappa shape index (κ2) is 5.25. The first kappa shape index (κ1) is 14.8. The van der Waals surface area contributed by atoms with Gasteiger partial charge in [-0.15, -0.1) is 5.92 Å². The van der Waals surface area contributed by atoms with Gasteiger partial charge in [0.15, 0.2) is 0 Å². The predicted octanol–water partition coefficient (Wildman–Crippen LogP) is 0.145. The molecule has 2 N–H and O–H groups in total. The summed E-state index contributed by atoms with van der Waals surface area (Å²) < 4.78 is 10.7. The van der Waals surface area contributed by atoms with E-state index >= 15 is 0 Å². The third-order valence-corrected chi connectivity index (χ3v) is 4.65. The summed E-state index contributed by atoms with van der Waals surface area (Å²) in [5.41, 5.74) is 1.83. The average Bonchev–Trinajstić information content (AvgIpc) is 3.15. The van der Waals surface area contributed by atoms with Gasteiger partial charge in [-0.3, -0.25) is 9.63 Å². The maximum Gasteiger partial charge on any atom is 0.308 e. The molecular weight excluding hydrogens is 274 g/mol. The monoisotopic (exact) mass is 295 g/mol. The Morgan fingerprint density at radius 2 is 2.29 bits per heavy atom. The highest BCUT2D eigenvalue weighted by Gasteiger charge is 2.69. The van der Waals surface area contributed by atoms with Gasteiger partial charge in [0.25, 0.3) is 0 Å². The minimum absolute atomic E-state index is 0.0174. The molecule has 1 aliphatic carbocycles. The molecule has 3 rings (SSSR count). The molecule has 21 heavy (non-hydrogen) atoms. The number of aliphatic hydroxyl groups is 1. The quantitative estimate of drug-likeness (QED) is 0.570. The summed E-state index contributed by atoms with van der Waals surface area (Å²) in [7, 11) is 0. The van der Waals surface area contributed by atoms with Crippen LogP contribution in [0.5, 0.6) is 0 Å². The van der Waals surface area contributed by atoms with Gasteiger partial charge in [-0.05, 0) is 26.7 Å². The zero-order chi connectivity index (χ0) is 15.1. The molecule has 2 heterocycles. The SMILES string of the molecule is CC#C[C@]12NOC3(CC3)[C@H]1CO[C@@H](CC(=O)OCC)[C@@H]2O. The van der Waals surface area contributed by atoms with Crippen LogP contribution in [0.25, 0.3) is 0 Å². The van der Waals surface area contributed by atoms with E-state index in [2.05, 4.69) is 17.3 Å². The Morgan fingerprint density at radius 1 is 1.52 bits per heavy atom. The summed E-state index contributed by atoms with van der Waals surface area (Å²) in [6.45, 7) is 4.21. The largest absolute Gasteiger partial charge is 0.466 e. The van der Waals surface area contributed by atoms with E-state index in [9.17, 15) is 9.90 Å². The van der Waals surface area contributed by atoms with Crippen molar-refractivity contribution in [3.05, 3.63) is 0 Å². The smallest absolute Gasteiger partial charge is 0.308 e. The zero-order valence-electron chi connectivity index (χ0n) is 12.3. The van der Waals surface area contributed by atoms with Crippen LogP contribution >= 0.6 is 0 Å². The van der Waals surface area contributed by atoms with Crippen LogP contribution in [0.4, 0.5) is 0 Å². The van der Waals surface area contributed by atoms with Gasteiger partial charge in [0.1, 0.15) is 11.6 Å². The zero-order valence-corrected chi connectivity index (χ0v) is 12.3. The van der Waals surface area contributed by atoms with Crippen LogP contribution < -0.4 is 5.48 Å². The van der Waals surface area contributed by atoms with Crippen LogP contribution in [0.1, 0.15) is 33.1 Å². The molecule has 2 aliphatic heterocycles. The standard InChI is InChI=1S/C15H21NO5/c1-3-5-15-11(14(6-7-14)21-16-15)9-20-10(13(15)18)8-12(17)19-4-2/h10-11,13,16,18H,4,6-9H2,1-2H3/t10-,11+,13-,15-/m0/s1. The molecule has 3 fully saturated rings. The molecule has 0 amide bonds. The molecule has 0 aromatic heterocycles. The van der Waals surface area contributed by atoms with Gasteiger partial charge in [-0.1, -0.05) is 5.92 Å². The lowest BCUT2D eigenvalue weighted by Crippen LogP contribution is -2.64. The van der Waals surface area contributed by atoms with Crippen molar-refractivity contribution in [3.63, 3.8) is 0 Å². The number of nitrogens with one attached hydrogen (secondary N) is 1. The van der Waals surface area contributed by atoms with Crippen molar-refractivity contribution in [2.75, 3.05) is 13.2 Å². The molecule has 0 aromatic carbocycles. The summed E-state index contributed by atoms with van der Waals surface area (Å²) in [5.74, 6) is 5.55. The second-order valence-electron chi connectivity index (χ2n) is 5.89. The Bertz CT molecular complexity index is 492. The number of carbonyl (C=O) groups is 1. The molecule has 1 spiro atoms. The molecule has 0 bridgehead atoms. The topological polar surface area (TPSA) is 77.0 Å². The highest BCUT2D eigenvalue weighted by Crippen LogP contribution is 2.56. The van der Waals surface area contributed by atoms with E-state index in [1.165, 1.54) is 0 Å². The first-order valence-electron chi connectivity index (χ1n) is 7.42. The summed E-state index contributed by atoms with van der Waals surface area (Å²) in [4.78, 5) is 17.4. The summed E-state index contributed by atoms with van der Waals surface area (Å²) in [6.07, 6.45) is 0.329. The Hall–Kier alpha value is -1.13. The fourth-order valence-corrected chi connectivity index (χ4v) is 3.42. The lowest BCUT2D eigenvalue weighted by molar-refractivity contribution is -0.161. The first-order chi connectivity index (χ1) is 10.1. The van der Waals surface area contributed by atoms with Crippen LogP contribution in [0.3, 0.4) is 0 Å². The highest BCUT2D eigenvalue weighted by atomic mass is 16.7. The Morgan fingerprint density at radius 3 is 2.90 bits per heavy atom. The van der Waals surface area contributed by atoms with E-state index in [0.29, 0.717) is 13.2 Å². The van der Waals surface area contributed by atoms with Gasteiger partial charge in [-0.25, -0.2) is 0 Å². The van der Waals surface area contributed by atoms with Gasteiger partial charge >= 0.3 is 5.97 Å². The molecule has 6 nitrogen and oxygen atoms in total. The molecule has 0 aromatic rings. The lowest BCUT2D eigenvalue weighted by Gasteiger charge is -2.43. The van der Waals surface area contributed by atoms with Gasteiger partial charge in [0.05, 0.1) is 31.3 Å². The van der Waals surface area contributed by atoms with Crippen LogP contribution in [0.2, 0.25) is 0 Å². The Labute approximate surface area is 124 Å². The van der Waals surface area contributed by atoms with Gasteiger partial charge in [0, 0.05) is 5.92 Å². The molecular formula is C15H21NO5. The van der Waals surface area contributed by atoms with Crippen LogP contribution in [0.15, 0.2) is 0 Å². The second-order valence-corrected chi connectivity index (χ2v) is 5.89. The number of aliphatic hydroxyl groups excluding tert-OH is 1. The minimum Gasteiger partial charge on any atom is -0.466 e. The van der Waals surface area contributed by atoms with Crippen molar-refractivity contribution >= 4 is 5.97 Å². The van der Waals surface area contributed by atoms with E-state index in [0.717, 1.165) is 12.8 Å². The van der Waals surface area contributed by atoms with E-state index in [-0.39, 0.29) is 23.9 Å². The number of esters is 1. The maximum atomic E-state index is 11.6. The summed E-state index contributed by atoms with van der Waals surface area (Å²) >= 11 is 0. The normalized spacial score (nSPS) is 39.3. The van der Waals surface area contributed by atoms with E-state index in [4.69, 9.17) is 14.3 Å². The first-order valence-corrected chi connectivity index (χ1v) is 7.42. The molecule has 0 radical (unpaired) electrons. The van der Waals surface area contributed by atoms with E-state index < -0.39 is 17.7 Å². The number of fused-ring (bicyclic) bond motifs is 2. The van der Waals surface area contributed by atoms with Crippen molar-refractivity contribution in [2.24, 2.45) is 5.92 Å². The molecule has 116 valence electrons. The van der Waals surface area contributed by atoms with Gasteiger partial charge < -0.3 is 14.6 Å². The highest BCUT2D eigenvalue weighted by molar-refractivity contribution is 5.70. The van der Waals surface area contributed by atoms with Crippen molar-refractivity contribution in [3.8, 4) is 11.8 Å². The van der Waals surface area contributed by atoms with Crippen LogP contribution in [-0.4, -0.2) is 47.6 Å². The Balaban J connectivity index is 1.80. The molecule has 6 heteroatoms. The number of hydrogen-bond donors (Lipinski definition) is 2. The third kappa shape index (κ3) is 2.25. The molecule has 0 unspecified atom stereocenters. The van der Waals surface area contributed by atoms with Crippen LogP contribution in [-0.2, 0) is 19.1 Å². The van der Waals surface area contributed by atoms with Crippen LogP contribution in [0, 0.1) is 17.8 Å². The molecule has 1 saturated carbocycles. The fourth-order valence-electron chi connectivity index (χ4n) is 3.42. The molecule has 4 atom stereocenters. The molecule has 3 aliphatic rings. The Kier molecular flexibility index (Phi) is 3.70. The predicted molar refractivity (Wildman–Crippen MR) is 72.9 cm³/mol. The third-order valence-electron chi connectivity index (χ3n) is 4.65. The van der Waals surface area contributed by atoms with Crippen molar-refractivity contribution in [1.82, 2.24) is 5.48 Å². The van der Waals surface area contributed by atoms with Crippen molar-refractivity contribution < 1.29 is 24.2 Å². The summed E-state index contributed by atoms with van der Waals surface area (Å²) in [6, 6.07) is 0. The lowest BCUT2D eigenvalue weighted by atomic mass is 9.73. The average molecular weight is 295 g/mol. The number of ether oxygens (including phenoxy) is 2.